The smallest absolute Gasteiger partial charge is 0.247 e. The largest absolute Gasteiger partial charge is 0.342 e. The molecule has 0 aliphatic carbocycles. The SMILES string of the molecule is CCC(C)[C@@H]1NC(=O)C(NC(=O)[C@@H](N)C(C)C)CSSC[C@@H](C(=O)N/C=C/c2ccccc2)NC(=O)[C@@H](C(C)CC)NC(=O)[C@H](C(C)CC)NC(=O)[C@H](C(C)CC)NC1=O. The number of hydrogen-bond acceptors (Lipinski definition) is 10. The van der Waals surface area contributed by atoms with Gasteiger partial charge >= 0.3 is 0 Å². The Morgan fingerprint density at radius 1 is 0.650 bits per heavy atom. The number of carbonyl (C=O) groups is 7. The zero-order valence-electron chi connectivity index (χ0n) is 37.0. The van der Waals surface area contributed by atoms with Gasteiger partial charge in [-0.05, 0) is 41.2 Å². The van der Waals surface area contributed by atoms with Crippen LogP contribution in [-0.2, 0) is 33.6 Å². The van der Waals surface area contributed by atoms with Crippen LogP contribution < -0.4 is 43.0 Å². The molecular weight excluding hydrogens is 805 g/mol. The normalized spacial score (nSPS) is 25.6. The fourth-order valence-corrected chi connectivity index (χ4v) is 8.43. The van der Waals surface area contributed by atoms with E-state index in [4.69, 9.17) is 5.73 Å². The molecule has 0 spiro atoms. The van der Waals surface area contributed by atoms with E-state index in [1.54, 1.807) is 26.8 Å². The molecule has 1 aromatic rings. The molecule has 15 nitrogen and oxygen atoms in total. The molecule has 0 radical (unpaired) electrons. The molecule has 0 bridgehead atoms. The van der Waals surface area contributed by atoms with Crippen LogP contribution in [0.3, 0.4) is 0 Å². The first-order chi connectivity index (χ1) is 28.4. The van der Waals surface area contributed by atoms with Crippen molar-refractivity contribution in [2.24, 2.45) is 35.3 Å². The molecule has 7 amide bonds. The van der Waals surface area contributed by atoms with E-state index in [1.165, 1.54) is 27.8 Å². The standard InChI is InChI=1S/C43H70N8O7S2/c1-11-25(7)33-40(55)47-30(37(52)45-21-20-29-18-16-15-17-19-29)22-59-60-23-31(46-39(54)32(44)24(5)6)38(53)48-34(26(8)12-2)41(56)50-36(28(10)14-4)43(58)51-35(27(9)13-3)42(57)49-33/h15-21,24-28,30-36H,11-14,22-23,44H2,1-10H3,(H,45,52)(H,46,54)(H,47,55)(H,48,53)(H,49,57)(H,50,56)(H,51,58)/b21-20+/t25?,26?,27?,28?,30-,31?,32-,33+,34-,35-,36-/m0/s1. The Kier molecular flexibility index (Phi) is 22.8. The maximum atomic E-state index is 14.2. The fourth-order valence-electron chi connectivity index (χ4n) is 6.11. The lowest BCUT2D eigenvalue weighted by Gasteiger charge is -2.33. The summed E-state index contributed by atoms with van der Waals surface area (Å²) in [6.07, 6.45) is 5.22. The van der Waals surface area contributed by atoms with Crippen LogP contribution in [0.25, 0.3) is 6.08 Å². The Bertz CT molecular complexity index is 1620. The first kappa shape index (κ1) is 52.0. The minimum absolute atomic E-state index is 0.0124. The summed E-state index contributed by atoms with van der Waals surface area (Å²) in [4.78, 5) is 97.6. The number of rotatable bonds is 14. The van der Waals surface area contributed by atoms with Gasteiger partial charge in [-0.2, -0.15) is 0 Å². The lowest BCUT2D eigenvalue weighted by molar-refractivity contribution is -0.137. The molecule has 60 heavy (non-hydrogen) atoms. The van der Waals surface area contributed by atoms with E-state index in [2.05, 4.69) is 37.2 Å². The second-order valence-corrected chi connectivity index (χ2v) is 18.8. The highest BCUT2D eigenvalue weighted by atomic mass is 33.1. The van der Waals surface area contributed by atoms with E-state index in [9.17, 15) is 33.6 Å². The van der Waals surface area contributed by atoms with Crippen LogP contribution in [0.4, 0.5) is 0 Å². The van der Waals surface area contributed by atoms with Gasteiger partial charge in [0.25, 0.3) is 0 Å². The van der Waals surface area contributed by atoms with Crippen molar-refractivity contribution >= 4 is 69.0 Å². The van der Waals surface area contributed by atoms with Crippen LogP contribution in [0.1, 0.15) is 100 Å². The molecule has 1 aliphatic rings. The lowest BCUT2D eigenvalue weighted by atomic mass is 9.92. The number of nitrogens with two attached hydrogens (primary N) is 1. The Morgan fingerprint density at radius 3 is 1.47 bits per heavy atom. The monoisotopic (exact) mass is 874 g/mol. The van der Waals surface area contributed by atoms with Crippen molar-refractivity contribution in [3.05, 3.63) is 42.1 Å². The summed E-state index contributed by atoms with van der Waals surface area (Å²) in [6, 6.07) is 1.88. The Balaban J connectivity index is 2.68. The highest BCUT2D eigenvalue weighted by Gasteiger charge is 2.38. The van der Waals surface area contributed by atoms with Crippen LogP contribution in [0.2, 0.25) is 0 Å². The molecule has 0 saturated carbocycles. The van der Waals surface area contributed by atoms with E-state index in [-0.39, 0.29) is 41.1 Å². The van der Waals surface area contributed by atoms with Crippen molar-refractivity contribution in [1.29, 1.82) is 0 Å². The predicted molar refractivity (Wildman–Crippen MR) is 241 cm³/mol. The van der Waals surface area contributed by atoms with Crippen molar-refractivity contribution < 1.29 is 33.6 Å². The van der Waals surface area contributed by atoms with Crippen molar-refractivity contribution in [2.75, 3.05) is 11.5 Å². The van der Waals surface area contributed by atoms with Crippen molar-refractivity contribution in [3.8, 4) is 0 Å². The minimum atomic E-state index is -1.14. The highest BCUT2D eigenvalue weighted by Crippen LogP contribution is 2.24. The molecule has 5 unspecified atom stereocenters. The molecule has 1 fully saturated rings. The molecule has 17 heteroatoms. The summed E-state index contributed by atoms with van der Waals surface area (Å²) < 4.78 is 0. The second kappa shape index (κ2) is 26.3. The van der Waals surface area contributed by atoms with Gasteiger partial charge < -0.3 is 43.0 Å². The minimum Gasteiger partial charge on any atom is -0.342 e. The Morgan fingerprint density at radius 2 is 1.05 bits per heavy atom. The van der Waals surface area contributed by atoms with Crippen molar-refractivity contribution in [2.45, 2.75) is 137 Å². The maximum Gasteiger partial charge on any atom is 0.247 e. The Labute approximate surface area is 364 Å². The zero-order chi connectivity index (χ0) is 45.1. The topological polar surface area (TPSA) is 230 Å². The van der Waals surface area contributed by atoms with E-state index in [0.717, 1.165) is 5.56 Å². The third-order valence-corrected chi connectivity index (χ3v) is 13.7. The predicted octanol–water partition coefficient (Wildman–Crippen LogP) is 3.25. The van der Waals surface area contributed by atoms with Gasteiger partial charge in [-0.15, -0.1) is 0 Å². The van der Waals surface area contributed by atoms with Gasteiger partial charge in [0, 0.05) is 17.7 Å². The lowest BCUT2D eigenvalue weighted by Crippen LogP contribution is -2.63. The summed E-state index contributed by atoms with van der Waals surface area (Å²) in [7, 11) is 2.39. The van der Waals surface area contributed by atoms with Gasteiger partial charge in [0.2, 0.25) is 41.4 Å². The summed E-state index contributed by atoms with van der Waals surface area (Å²) >= 11 is 0. The zero-order valence-corrected chi connectivity index (χ0v) is 38.6. The third-order valence-electron chi connectivity index (χ3n) is 11.3. The summed E-state index contributed by atoms with van der Waals surface area (Å²) in [5.41, 5.74) is 7.01. The number of hydrogen-bond donors (Lipinski definition) is 8. The quantitative estimate of drug-likeness (QED) is 0.127. The number of amides is 7. The molecule has 336 valence electrons. The van der Waals surface area contributed by atoms with Crippen LogP contribution in [0, 0.1) is 29.6 Å². The van der Waals surface area contributed by atoms with Gasteiger partial charge in [0.05, 0.1) is 6.04 Å². The van der Waals surface area contributed by atoms with Crippen molar-refractivity contribution in [3.63, 3.8) is 0 Å². The first-order valence-electron chi connectivity index (χ1n) is 21.2. The average Bonchev–Trinajstić information content (AvgIpc) is 3.24. The second-order valence-electron chi connectivity index (χ2n) is 16.2. The van der Waals surface area contributed by atoms with E-state index < -0.39 is 83.6 Å². The number of benzene rings is 1. The van der Waals surface area contributed by atoms with Crippen LogP contribution in [0.15, 0.2) is 36.5 Å². The van der Waals surface area contributed by atoms with E-state index in [0.29, 0.717) is 25.7 Å². The van der Waals surface area contributed by atoms with Gasteiger partial charge in [-0.3, -0.25) is 33.6 Å². The molecule has 2 rings (SSSR count). The van der Waals surface area contributed by atoms with Gasteiger partial charge in [0.15, 0.2) is 0 Å². The van der Waals surface area contributed by atoms with Crippen LogP contribution in [-0.4, -0.2) is 95.1 Å². The van der Waals surface area contributed by atoms with Crippen LogP contribution in [0.5, 0.6) is 0 Å². The molecule has 11 atom stereocenters. The summed E-state index contributed by atoms with van der Waals surface area (Å²) in [6.45, 7) is 18.3. The molecule has 1 aromatic carbocycles. The molecular formula is C43H70N8O7S2. The number of nitrogens with one attached hydrogen (secondary N) is 7. The maximum absolute atomic E-state index is 14.2. The molecule has 0 aromatic heterocycles. The summed E-state index contributed by atoms with van der Waals surface area (Å²) in [5, 5.41) is 19.8. The van der Waals surface area contributed by atoms with Crippen LogP contribution >= 0.6 is 21.6 Å². The van der Waals surface area contributed by atoms with E-state index in [1.807, 2.05) is 78.8 Å². The van der Waals surface area contributed by atoms with Gasteiger partial charge in [0.1, 0.15) is 36.3 Å². The third kappa shape index (κ3) is 16.1. The van der Waals surface area contributed by atoms with Gasteiger partial charge in [-0.1, -0.05) is 147 Å². The fraction of sp³-hybridized carbons (Fsp3) is 0.651. The Hall–Kier alpha value is -4.09. The molecule has 1 heterocycles. The number of carbonyl (C=O) groups excluding carboxylic acids is 7. The summed E-state index contributed by atoms with van der Waals surface area (Å²) in [5.74, 6) is -5.71. The molecule has 1 aliphatic heterocycles. The van der Waals surface area contributed by atoms with Gasteiger partial charge in [-0.25, -0.2) is 0 Å². The van der Waals surface area contributed by atoms with Crippen molar-refractivity contribution in [1.82, 2.24) is 37.2 Å². The first-order valence-corrected chi connectivity index (χ1v) is 23.7. The molecule has 9 N–H and O–H groups in total. The highest BCUT2D eigenvalue weighted by molar-refractivity contribution is 8.76. The van der Waals surface area contributed by atoms with E-state index >= 15 is 0 Å². The molecule has 1 saturated heterocycles. The average molecular weight is 875 g/mol.